The van der Waals surface area contributed by atoms with Crippen LogP contribution in [0.1, 0.15) is 29.6 Å². The molecular weight excluding hydrogens is 260 g/mol. The molecule has 20 heavy (non-hydrogen) atoms. The molecule has 2 N–H and O–H groups in total. The molecule has 0 fully saturated rings. The van der Waals surface area contributed by atoms with Gasteiger partial charge in [-0.15, -0.1) is 0 Å². The summed E-state index contributed by atoms with van der Waals surface area (Å²) in [6, 6.07) is 3.92. The number of phenolic OH excluding ortho intramolecular Hbond substituents is 1. The number of amides is 1. The summed E-state index contributed by atoms with van der Waals surface area (Å²) in [5.74, 6) is -0.691. The van der Waals surface area contributed by atoms with Crippen molar-refractivity contribution in [1.82, 2.24) is 5.32 Å². The van der Waals surface area contributed by atoms with Gasteiger partial charge in [0, 0.05) is 12.6 Å². The minimum atomic E-state index is -0.710. The van der Waals surface area contributed by atoms with Crippen LogP contribution in [-0.2, 0) is 0 Å². The maximum absolute atomic E-state index is 12.0. The van der Waals surface area contributed by atoms with Gasteiger partial charge in [-0.25, -0.2) is 0 Å². The molecule has 0 spiro atoms. The Morgan fingerprint density at radius 1 is 1.45 bits per heavy atom. The number of carbonyl (C=O) groups excluding carboxylic acids is 1. The number of phenols is 1. The predicted octanol–water partition coefficient (Wildman–Crippen LogP) is 2.39. The lowest BCUT2D eigenvalue weighted by Gasteiger charge is -2.18. The predicted molar refractivity (Wildman–Crippen MR) is 73.6 cm³/mol. The van der Waals surface area contributed by atoms with E-state index in [1.807, 2.05) is 0 Å². The maximum atomic E-state index is 12.0. The standard InChI is InChI=1S/C14H16N2O4/c17-13-11(7-4-8-12(13)16(19)20)14(18)15-9-10-5-2-1-3-6-10/h1-2,4,7-8,10,17H,3,5-6,9H2,(H,15,18). The normalized spacial score (nSPS) is 17.7. The van der Waals surface area contributed by atoms with Crippen molar-refractivity contribution in [2.45, 2.75) is 19.3 Å². The summed E-state index contributed by atoms with van der Waals surface area (Å²) < 4.78 is 0. The minimum Gasteiger partial charge on any atom is -0.502 e. The third kappa shape index (κ3) is 3.14. The lowest BCUT2D eigenvalue weighted by atomic mass is 9.94. The van der Waals surface area contributed by atoms with Crippen LogP contribution in [0.15, 0.2) is 30.4 Å². The Labute approximate surface area is 116 Å². The fourth-order valence-corrected chi connectivity index (χ4v) is 2.24. The van der Waals surface area contributed by atoms with Crippen LogP contribution in [0, 0.1) is 16.0 Å². The number of nitro groups is 1. The Hall–Kier alpha value is -2.37. The zero-order chi connectivity index (χ0) is 14.5. The number of nitrogens with zero attached hydrogens (tertiary/aromatic N) is 1. The van der Waals surface area contributed by atoms with Gasteiger partial charge in [0.15, 0.2) is 0 Å². The number of rotatable bonds is 4. The second kappa shape index (κ2) is 6.18. The largest absolute Gasteiger partial charge is 0.502 e. The summed E-state index contributed by atoms with van der Waals surface area (Å²) >= 11 is 0. The van der Waals surface area contributed by atoms with Crippen molar-refractivity contribution in [3.05, 3.63) is 46.0 Å². The molecule has 0 heterocycles. The number of nitro benzene ring substituents is 1. The smallest absolute Gasteiger partial charge is 0.311 e. The molecular formula is C14H16N2O4. The molecule has 1 aromatic rings. The van der Waals surface area contributed by atoms with Gasteiger partial charge in [-0.05, 0) is 31.2 Å². The molecule has 6 heteroatoms. The number of para-hydroxylation sites is 1. The van der Waals surface area contributed by atoms with Crippen LogP contribution in [0.3, 0.4) is 0 Å². The molecule has 1 aliphatic rings. The summed E-state index contributed by atoms with van der Waals surface area (Å²) in [7, 11) is 0. The van der Waals surface area contributed by atoms with E-state index in [0.717, 1.165) is 25.3 Å². The highest BCUT2D eigenvalue weighted by Gasteiger charge is 2.21. The fourth-order valence-electron chi connectivity index (χ4n) is 2.24. The second-order valence-electron chi connectivity index (χ2n) is 4.79. The molecule has 1 unspecified atom stereocenters. The Bertz CT molecular complexity index is 554. The number of benzene rings is 1. The fraction of sp³-hybridized carbons (Fsp3) is 0.357. The van der Waals surface area contributed by atoms with E-state index in [-0.39, 0.29) is 5.56 Å². The monoisotopic (exact) mass is 276 g/mol. The van der Waals surface area contributed by atoms with Gasteiger partial charge < -0.3 is 10.4 Å². The molecule has 1 amide bonds. The zero-order valence-electron chi connectivity index (χ0n) is 10.9. The van der Waals surface area contributed by atoms with Gasteiger partial charge in [-0.2, -0.15) is 0 Å². The minimum absolute atomic E-state index is 0.0643. The number of carbonyl (C=O) groups is 1. The summed E-state index contributed by atoms with van der Waals surface area (Å²) in [5.41, 5.74) is -0.524. The van der Waals surface area contributed by atoms with Gasteiger partial charge in [0.1, 0.15) is 0 Å². The highest BCUT2D eigenvalue weighted by atomic mass is 16.6. The highest BCUT2D eigenvalue weighted by Crippen LogP contribution is 2.29. The first-order chi connectivity index (χ1) is 9.59. The summed E-state index contributed by atoms with van der Waals surface area (Å²) in [4.78, 5) is 22.0. The molecule has 1 aliphatic carbocycles. The summed E-state index contributed by atoms with van der Waals surface area (Å²) in [5, 5.41) is 23.2. The number of allylic oxidation sites excluding steroid dienone is 2. The molecule has 0 aliphatic heterocycles. The molecule has 2 rings (SSSR count). The summed E-state index contributed by atoms with van der Waals surface area (Å²) in [6.45, 7) is 0.505. The van der Waals surface area contributed by atoms with Crippen LogP contribution < -0.4 is 5.32 Å². The first-order valence-corrected chi connectivity index (χ1v) is 6.49. The van der Waals surface area contributed by atoms with Crippen molar-refractivity contribution in [3.8, 4) is 5.75 Å². The van der Waals surface area contributed by atoms with E-state index in [1.54, 1.807) is 0 Å². The third-order valence-electron chi connectivity index (χ3n) is 3.39. The molecule has 1 atom stereocenters. The number of aromatic hydroxyl groups is 1. The van der Waals surface area contributed by atoms with E-state index in [2.05, 4.69) is 17.5 Å². The molecule has 1 aromatic carbocycles. The van der Waals surface area contributed by atoms with Crippen molar-refractivity contribution < 1.29 is 14.8 Å². The topological polar surface area (TPSA) is 92.5 Å². The van der Waals surface area contributed by atoms with Crippen LogP contribution >= 0.6 is 0 Å². The van der Waals surface area contributed by atoms with E-state index >= 15 is 0 Å². The van der Waals surface area contributed by atoms with Crippen LogP contribution in [-0.4, -0.2) is 22.5 Å². The molecule has 0 saturated carbocycles. The Balaban J connectivity index is 2.04. The second-order valence-corrected chi connectivity index (χ2v) is 4.79. The van der Waals surface area contributed by atoms with Crippen LogP contribution in [0.4, 0.5) is 5.69 Å². The van der Waals surface area contributed by atoms with Gasteiger partial charge in [0.05, 0.1) is 10.5 Å². The maximum Gasteiger partial charge on any atom is 0.311 e. The molecule has 0 bridgehead atoms. The van der Waals surface area contributed by atoms with Crippen LogP contribution in [0.5, 0.6) is 5.75 Å². The van der Waals surface area contributed by atoms with Crippen LogP contribution in [0.25, 0.3) is 0 Å². The van der Waals surface area contributed by atoms with Crippen molar-refractivity contribution in [1.29, 1.82) is 0 Å². The van der Waals surface area contributed by atoms with Crippen molar-refractivity contribution in [3.63, 3.8) is 0 Å². The van der Waals surface area contributed by atoms with E-state index in [0.29, 0.717) is 12.5 Å². The number of hydrogen-bond acceptors (Lipinski definition) is 4. The quantitative estimate of drug-likeness (QED) is 0.501. The van der Waals surface area contributed by atoms with Gasteiger partial charge in [-0.3, -0.25) is 14.9 Å². The van der Waals surface area contributed by atoms with Crippen LogP contribution in [0.2, 0.25) is 0 Å². The first kappa shape index (κ1) is 14.0. The molecule has 0 saturated heterocycles. The van der Waals surface area contributed by atoms with Crippen molar-refractivity contribution in [2.75, 3.05) is 6.54 Å². The Morgan fingerprint density at radius 3 is 2.90 bits per heavy atom. The highest BCUT2D eigenvalue weighted by molar-refractivity contribution is 5.98. The number of nitrogens with one attached hydrogen (secondary N) is 1. The van der Waals surface area contributed by atoms with E-state index in [1.165, 1.54) is 12.1 Å². The SMILES string of the molecule is O=C(NCC1CC=CCC1)c1cccc([N+](=O)[O-])c1O. The van der Waals surface area contributed by atoms with Gasteiger partial charge in [0.2, 0.25) is 5.75 Å². The molecule has 0 aromatic heterocycles. The van der Waals surface area contributed by atoms with E-state index in [9.17, 15) is 20.0 Å². The summed E-state index contributed by atoms with van der Waals surface area (Å²) in [6.07, 6.45) is 7.14. The Kier molecular flexibility index (Phi) is 4.34. The average Bonchev–Trinajstić information content (AvgIpc) is 2.46. The van der Waals surface area contributed by atoms with Gasteiger partial charge >= 0.3 is 5.69 Å². The first-order valence-electron chi connectivity index (χ1n) is 6.49. The zero-order valence-corrected chi connectivity index (χ0v) is 10.9. The average molecular weight is 276 g/mol. The lowest BCUT2D eigenvalue weighted by molar-refractivity contribution is -0.385. The van der Waals surface area contributed by atoms with Crippen molar-refractivity contribution in [2.24, 2.45) is 5.92 Å². The molecule has 6 nitrogen and oxygen atoms in total. The molecule has 0 radical (unpaired) electrons. The van der Waals surface area contributed by atoms with E-state index < -0.39 is 22.3 Å². The Morgan fingerprint density at radius 2 is 2.25 bits per heavy atom. The third-order valence-corrected chi connectivity index (χ3v) is 3.39. The number of hydrogen-bond donors (Lipinski definition) is 2. The van der Waals surface area contributed by atoms with Gasteiger partial charge in [-0.1, -0.05) is 18.2 Å². The lowest BCUT2D eigenvalue weighted by Crippen LogP contribution is -2.29. The molecule has 106 valence electrons. The van der Waals surface area contributed by atoms with Crippen molar-refractivity contribution >= 4 is 11.6 Å². The van der Waals surface area contributed by atoms with E-state index in [4.69, 9.17) is 0 Å². The van der Waals surface area contributed by atoms with Gasteiger partial charge in [0.25, 0.3) is 5.91 Å².